The third-order valence-electron chi connectivity index (χ3n) is 3.36. The molecule has 0 heterocycles. The maximum atomic E-state index is 12.1. The van der Waals surface area contributed by atoms with Crippen molar-refractivity contribution in [1.29, 1.82) is 0 Å². The summed E-state index contributed by atoms with van der Waals surface area (Å²) in [4.78, 5) is 12.1. The monoisotopic (exact) mass is 327 g/mol. The molecule has 0 aliphatic carbocycles. The predicted octanol–water partition coefficient (Wildman–Crippen LogP) is 3.48. The number of hydrogen-bond donors (Lipinski definition) is 1. The van der Waals surface area contributed by atoms with Gasteiger partial charge in [-0.1, -0.05) is 48.5 Å². The summed E-state index contributed by atoms with van der Waals surface area (Å²) in [5, 5.41) is 0. The quantitative estimate of drug-likeness (QED) is 0.825. The van der Waals surface area contributed by atoms with Crippen molar-refractivity contribution in [3.63, 3.8) is 0 Å². The Kier molecular flexibility index (Phi) is 5.99. The van der Waals surface area contributed by atoms with E-state index in [0.29, 0.717) is 13.0 Å². The Morgan fingerprint density at radius 3 is 2.33 bits per heavy atom. The van der Waals surface area contributed by atoms with Gasteiger partial charge in [-0.3, -0.25) is 4.79 Å². The molecule has 0 aromatic heterocycles. The second-order valence-electron chi connectivity index (χ2n) is 6.73. The van der Waals surface area contributed by atoms with Crippen LogP contribution in [0.5, 0.6) is 5.75 Å². The molecule has 4 heteroatoms. The minimum Gasteiger partial charge on any atom is -0.489 e. The SMILES string of the molecule is CC(C)(C)OC(=O)C(N)Cc1ccccc1OCc1ccccc1. The Balaban J connectivity index is 2.01. The molecule has 1 unspecified atom stereocenters. The highest BCUT2D eigenvalue weighted by atomic mass is 16.6. The van der Waals surface area contributed by atoms with Crippen LogP contribution >= 0.6 is 0 Å². The molecule has 0 bridgehead atoms. The largest absolute Gasteiger partial charge is 0.489 e. The molecule has 2 aromatic carbocycles. The molecule has 2 aromatic rings. The lowest BCUT2D eigenvalue weighted by Gasteiger charge is -2.22. The van der Waals surface area contributed by atoms with Crippen molar-refractivity contribution in [3.8, 4) is 5.75 Å². The van der Waals surface area contributed by atoms with E-state index in [0.717, 1.165) is 16.9 Å². The van der Waals surface area contributed by atoms with Crippen LogP contribution in [0, 0.1) is 0 Å². The topological polar surface area (TPSA) is 61.5 Å². The van der Waals surface area contributed by atoms with Gasteiger partial charge in [0.2, 0.25) is 0 Å². The average molecular weight is 327 g/mol. The van der Waals surface area contributed by atoms with Crippen LogP contribution in [0.3, 0.4) is 0 Å². The van der Waals surface area contributed by atoms with E-state index in [1.807, 2.05) is 75.4 Å². The molecule has 24 heavy (non-hydrogen) atoms. The molecule has 0 aliphatic rings. The van der Waals surface area contributed by atoms with Crippen LogP contribution in [-0.4, -0.2) is 17.6 Å². The lowest BCUT2D eigenvalue weighted by molar-refractivity contribution is -0.156. The van der Waals surface area contributed by atoms with Crippen LogP contribution in [0.25, 0.3) is 0 Å². The fourth-order valence-electron chi connectivity index (χ4n) is 2.25. The van der Waals surface area contributed by atoms with E-state index in [4.69, 9.17) is 15.2 Å². The fraction of sp³-hybridized carbons (Fsp3) is 0.350. The zero-order chi connectivity index (χ0) is 17.6. The standard InChI is InChI=1S/C20H25NO3/c1-20(2,3)24-19(22)17(21)13-16-11-7-8-12-18(16)23-14-15-9-5-4-6-10-15/h4-12,17H,13-14,21H2,1-3H3. The number of para-hydroxylation sites is 1. The van der Waals surface area contributed by atoms with E-state index in [-0.39, 0.29) is 0 Å². The van der Waals surface area contributed by atoms with Crippen LogP contribution in [0.15, 0.2) is 54.6 Å². The number of rotatable bonds is 6. The van der Waals surface area contributed by atoms with Gasteiger partial charge in [0.05, 0.1) is 0 Å². The molecule has 0 spiro atoms. The Bertz CT molecular complexity index is 662. The van der Waals surface area contributed by atoms with Crippen LogP contribution in [0.1, 0.15) is 31.9 Å². The smallest absolute Gasteiger partial charge is 0.323 e. The highest BCUT2D eigenvalue weighted by molar-refractivity contribution is 5.76. The van der Waals surface area contributed by atoms with Crippen LogP contribution in [0.4, 0.5) is 0 Å². The molecule has 4 nitrogen and oxygen atoms in total. The lowest BCUT2D eigenvalue weighted by atomic mass is 10.1. The highest BCUT2D eigenvalue weighted by Crippen LogP contribution is 2.21. The number of esters is 1. The highest BCUT2D eigenvalue weighted by Gasteiger charge is 2.23. The maximum absolute atomic E-state index is 12.1. The van der Waals surface area contributed by atoms with Crippen LogP contribution in [0.2, 0.25) is 0 Å². The van der Waals surface area contributed by atoms with Gasteiger partial charge >= 0.3 is 5.97 Å². The molecule has 2 rings (SSSR count). The summed E-state index contributed by atoms with van der Waals surface area (Å²) in [5.41, 5.74) is 7.44. The van der Waals surface area contributed by atoms with Gasteiger partial charge in [0.1, 0.15) is 24.0 Å². The number of carbonyl (C=O) groups excluding carboxylic acids is 1. The van der Waals surface area contributed by atoms with E-state index in [2.05, 4.69) is 0 Å². The van der Waals surface area contributed by atoms with Crippen molar-refractivity contribution in [2.45, 2.75) is 45.4 Å². The first-order valence-corrected chi connectivity index (χ1v) is 8.08. The number of carbonyl (C=O) groups is 1. The van der Waals surface area contributed by atoms with Crippen molar-refractivity contribution in [2.75, 3.05) is 0 Å². The van der Waals surface area contributed by atoms with Crippen molar-refractivity contribution < 1.29 is 14.3 Å². The maximum Gasteiger partial charge on any atom is 0.323 e. The Hall–Kier alpha value is -2.33. The van der Waals surface area contributed by atoms with Gasteiger partial charge in [0.15, 0.2) is 0 Å². The molecule has 1 atom stereocenters. The first-order chi connectivity index (χ1) is 11.3. The summed E-state index contributed by atoms with van der Waals surface area (Å²) < 4.78 is 11.2. The van der Waals surface area contributed by atoms with Crippen LogP contribution in [-0.2, 0) is 22.6 Å². The van der Waals surface area contributed by atoms with Crippen molar-refractivity contribution in [1.82, 2.24) is 0 Å². The van der Waals surface area contributed by atoms with Gasteiger partial charge in [-0.15, -0.1) is 0 Å². The third kappa shape index (κ3) is 5.70. The number of nitrogens with two attached hydrogens (primary N) is 1. The minimum atomic E-state index is -0.717. The second kappa shape index (κ2) is 7.97. The molecular formula is C20H25NO3. The number of hydrogen-bond acceptors (Lipinski definition) is 4. The van der Waals surface area contributed by atoms with Gasteiger partial charge < -0.3 is 15.2 Å². The Labute approximate surface area is 143 Å². The summed E-state index contributed by atoms with van der Waals surface area (Å²) in [7, 11) is 0. The predicted molar refractivity (Wildman–Crippen MR) is 94.7 cm³/mol. The van der Waals surface area contributed by atoms with E-state index in [1.165, 1.54) is 0 Å². The summed E-state index contributed by atoms with van der Waals surface area (Å²) in [6.45, 7) is 5.96. The molecule has 0 saturated heterocycles. The lowest BCUT2D eigenvalue weighted by Crippen LogP contribution is -2.38. The second-order valence-corrected chi connectivity index (χ2v) is 6.73. The van der Waals surface area contributed by atoms with Crippen molar-refractivity contribution in [2.24, 2.45) is 5.73 Å². The Morgan fingerprint density at radius 2 is 1.67 bits per heavy atom. The average Bonchev–Trinajstić information content (AvgIpc) is 2.53. The van der Waals surface area contributed by atoms with Gasteiger partial charge in [-0.2, -0.15) is 0 Å². The van der Waals surface area contributed by atoms with Gasteiger partial charge in [-0.25, -0.2) is 0 Å². The molecular weight excluding hydrogens is 302 g/mol. The molecule has 2 N–H and O–H groups in total. The molecule has 0 amide bonds. The zero-order valence-electron chi connectivity index (χ0n) is 14.5. The van der Waals surface area contributed by atoms with Gasteiger partial charge in [0.25, 0.3) is 0 Å². The van der Waals surface area contributed by atoms with E-state index < -0.39 is 17.6 Å². The van der Waals surface area contributed by atoms with Crippen molar-refractivity contribution >= 4 is 5.97 Å². The Morgan fingerprint density at radius 1 is 1.04 bits per heavy atom. The summed E-state index contributed by atoms with van der Waals surface area (Å²) >= 11 is 0. The van der Waals surface area contributed by atoms with Gasteiger partial charge in [-0.05, 0) is 38.0 Å². The molecule has 0 aliphatic heterocycles. The summed E-state index contributed by atoms with van der Waals surface area (Å²) in [5.74, 6) is 0.334. The molecule has 0 radical (unpaired) electrons. The first kappa shape index (κ1) is 18.0. The van der Waals surface area contributed by atoms with E-state index in [9.17, 15) is 4.79 Å². The first-order valence-electron chi connectivity index (χ1n) is 8.08. The molecule has 0 saturated carbocycles. The van der Waals surface area contributed by atoms with E-state index >= 15 is 0 Å². The summed E-state index contributed by atoms with van der Waals surface area (Å²) in [6, 6.07) is 16.8. The molecule has 0 fully saturated rings. The number of ether oxygens (including phenoxy) is 2. The normalized spacial score (nSPS) is 12.5. The minimum absolute atomic E-state index is 0.375. The zero-order valence-corrected chi connectivity index (χ0v) is 14.5. The van der Waals surface area contributed by atoms with E-state index in [1.54, 1.807) is 0 Å². The van der Waals surface area contributed by atoms with Gasteiger partial charge in [0, 0.05) is 6.42 Å². The van der Waals surface area contributed by atoms with Crippen LogP contribution < -0.4 is 10.5 Å². The molecule has 128 valence electrons. The van der Waals surface area contributed by atoms with Crippen molar-refractivity contribution in [3.05, 3.63) is 65.7 Å². The summed E-state index contributed by atoms with van der Waals surface area (Å²) in [6.07, 6.45) is 0.375. The third-order valence-corrected chi connectivity index (χ3v) is 3.36. The number of benzene rings is 2. The fourth-order valence-corrected chi connectivity index (χ4v) is 2.25.